The molecule has 3 heterocycles. The maximum Gasteiger partial charge on any atom is 0.253 e. The zero-order valence-electron chi connectivity index (χ0n) is 14.6. The highest BCUT2D eigenvalue weighted by atomic mass is 32.2. The molecule has 1 atom stereocenters. The second kappa shape index (κ2) is 6.59. The van der Waals surface area contributed by atoms with Crippen molar-refractivity contribution in [1.29, 1.82) is 0 Å². The van der Waals surface area contributed by atoms with Crippen molar-refractivity contribution in [2.24, 2.45) is 0 Å². The van der Waals surface area contributed by atoms with Crippen LogP contribution < -0.4 is 9.47 Å². The van der Waals surface area contributed by atoms with E-state index in [2.05, 4.69) is 45.6 Å². The van der Waals surface area contributed by atoms with Gasteiger partial charge in [0.05, 0.1) is 5.69 Å². The molecule has 0 fully saturated rings. The van der Waals surface area contributed by atoms with Crippen molar-refractivity contribution in [3.63, 3.8) is 0 Å². The van der Waals surface area contributed by atoms with Crippen molar-refractivity contribution in [1.82, 2.24) is 19.6 Å². The minimum Gasteiger partial charge on any atom is -0.485 e. The molecule has 7 heteroatoms. The first kappa shape index (κ1) is 16.1. The number of benzene rings is 2. The second-order valence-electron chi connectivity index (χ2n) is 6.10. The van der Waals surface area contributed by atoms with Crippen molar-refractivity contribution in [2.45, 2.75) is 11.0 Å². The first-order valence-electron chi connectivity index (χ1n) is 8.56. The summed E-state index contributed by atoms with van der Waals surface area (Å²) in [5.74, 6) is 2.54. The van der Waals surface area contributed by atoms with E-state index in [0.29, 0.717) is 24.0 Å². The molecule has 5 rings (SSSR count). The Hall–Kier alpha value is -3.06. The van der Waals surface area contributed by atoms with Gasteiger partial charge in [0.15, 0.2) is 23.4 Å². The van der Waals surface area contributed by atoms with Crippen LogP contribution in [0.5, 0.6) is 11.5 Å². The van der Waals surface area contributed by atoms with Gasteiger partial charge >= 0.3 is 0 Å². The molecule has 0 radical (unpaired) electrons. The summed E-state index contributed by atoms with van der Waals surface area (Å²) < 4.78 is 13.6. The van der Waals surface area contributed by atoms with Gasteiger partial charge < -0.3 is 9.47 Å². The molecule has 1 aliphatic heterocycles. The molecule has 2 aromatic carbocycles. The third-order valence-corrected chi connectivity index (χ3v) is 5.18. The Morgan fingerprint density at radius 1 is 1.04 bits per heavy atom. The molecule has 1 aliphatic rings. The Morgan fingerprint density at radius 2 is 1.85 bits per heavy atom. The van der Waals surface area contributed by atoms with Gasteiger partial charge in [-0.25, -0.2) is 4.98 Å². The average molecular weight is 376 g/mol. The Bertz CT molecular complexity index is 1110. The van der Waals surface area contributed by atoms with Gasteiger partial charge in [0, 0.05) is 16.7 Å². The molecule has 0 aliphatic carbocycles. The van der Waals surface area contributed by atoms with Crippen molar-refractivity contribution < 1.29 is 9.47 Å². The molecule has 0 bridgehead atoms. The summed E-state index contributed by atoms with van der Waals surface area (Å²) >= 11 is 1.72. The van der Waals surface area contributed by atoms with Crippen LogP contribution in [0.3, 0.4) is 0 Å². The number of aromatic nitrogens is 4. The molecule has 1 unspecified atom stereocenters. The van der Waals surface area contributed by atoms with Crippen LogP contribution in [0.1, 0.15) is 11.9 Å². The quantitative estimate of drug-likeness (QED) is 0.503. The Balaban J connectivity index is 1.52. The van der Waals surface area contributed by atoms with Crippen LogP contribution in [-0.4, -0.2) is 32.4 Å². The summed E-state index contributed by atoms with van der Waals surface area (Å²) in [6, 6.07) is 17.9. The molecule has 6 nitrogen and oxygen atoms in total. The second-order valence-corrected chi connectivity index (χ2v) is 6.98. The van der Waals surface area contributed by atoms with Crippen molar-refractivity contribution in [2.75, 3.05) is 12.9 Å². The van der Waals surface area contributed by atoms with Gasteiger partial charge in [-0.3, -0.25) is 0 Å². The minimum atomic E-state index is -0.367. The first-order valence-corrected chi connectivity index (χ1v) is 9.79. The van der Waals surface area contributed by atoms with Gasteiger partial charge in [-0.05, 0) is 36.6 Å². The third kappa shape index (κ3) is 2.90. The van der Waals surface area contributed by atoms with Gasteiger partial charge in [0.1, 0.15) is 6.61 Å². The fourth-order valence-electron chi connectivity index (χ4n) is 3.07. The molecule has 134 valence electrons. The smallest absolute Gasteiger partial charge is 0.253 e. The molecule has 0 amide bonds. The lowest BCUT2D eigenvalue weighted by Crippen LogP contribution is -2.22. The first-order chi connectivity index (χ1) is 13.3. The number of rotatable bonds is 3. The molecule has 0 N–H and O–H groups in total. The highest BCUT2D eigenvalue weighted by Gasteiger charge is 2.26. The van der Waals surface area contributed by atoms with E-state index in [4.69, 9.17) is 9.47 Å². The normalized spacial score (nSPS) is 15.8. The summed E-state index contributed by atoms with van der Waals surface area (Å²) in [7, 11) is 0. The summed E-state index contributed by atoms with van der Waals surface area (Å²) in [6.07, 6.45) is 3.45. The predicted octanol–water partition coefficient (Wildman–Crippen LogP) is 4.03. The fraction of sp³-hybridized carbons (Fsp3) is 0.150. The maximum atomic E-state index is 6.03. The lowest BCUT2D eigenvalue weighted by atomic mass is 10.1. The van der Waals surface area contributed by atoms with Crippen LogP contribution in [0.2, 0.25) is 0 Å². The number of ether oxygens (including phenoxy) is 2. The molecule has 0 spiro atoms. The van der Waals surface area contributed by atoms with Gasteiger partial charge in [0.25, 0.3) is 5.78 Å². The summed E-state index contributed by atoms with van der Waals surface area (Å²) in [6.45, 7) is 0.367. The summed E-state index contributed by atoms with van der Waals surface area (Å²) in [5, 5.41) is 4.66. The SMILES string of the molecule is CSc1ccc(-c2ccnc3nc(C4COc5ccccc5O4)nn23)cc1. The van der Waals surface area contributed by atoms with E-state index in [-0.39, 0.29) is 6.10 Å². The number of thioether (sulfide) groups is 1. The van der Waals surface area contributed by atoms with E-state index in [1.165, 1.54) is 4.90 Å². The molecule has 0 saturated carbocycles. The highest BCUT2D eigenvalue weighted by molar-refractivity contribution is 7.98. The van der Waals surface area contributed by atoms with Gasteiger partial charge in [-0.2, -0.15) is 9.50 Å². The van der Waals surface area contributed by atoms with Crippen LogP contribution in [0.4, 0.5) is 0 Å². The van der Waals surface area contributed by atoms with Crippen LogP contribution in [0.15, 0.2) is 65.7 Å². The summed E-state index contributed by atoms with van der Waals surface area (Å²) in [5.41, 5.74) is 1.99. The number of nitrogens with zero attached hydrogens (tertiary/aromatic N) is 4. The van der Waals surface area contributed by atoms with E-state index in [1.54, 1.807) is 22.5 Å². The molecule has 4 aromatic rings. The van der Waals surface area contributed by atoms with Gasteiger partial charge in [0.2, 0.25) is 0 Å². The fourth-order valence-corrected chi connectivity index (χ4v) is 3.48. The zero-order valence-corrected chi connectivity index (χ0v) is 15.4. The minimum absolute atomic E-state index is 0.367. The number of hydrogen-bond donors (Lipinski definition) is 0. The maximum absolute atomic E-state index is 6.03. The van der Waals surface area contributed by atoms with E-state index in [9.17, 15) is 0 Å². The number of hydrogen-bond acceptors (Lipinski definition) is 6. The topological polar surface area (TPSA) is 61.5 Å². The summed E-state index contributed by atoms with van der Waals surface area (Å²) in [4.78, 5) is 10.1. The highest BCUT2D eigenvalue weighted by Crippen LogP contribution is 2.35. The van der Waals surface area contributed by atoms with E-state index >= 15 is 0 Å². The van der Waals surface area contributed by atoms with Crippen LogP contribution in [0.25, 0.3) is 17.0 Å². The van der Waals surface area contributed by atoms with Crippen molar-refractivity contribution in [3.05, 3.63) is 66.6 Å². The van der Waals surface area contributed by atoms with Crippen LogP contribution in [-0.2, 0) is 0 Å². The largest absolute Gasteiger partial charge is 0.485 e. The van der Waals surface area contributed by atoms with Crippen molar-refractivity contribution in [3.8, 4) is 22.8 Å². The van der Waals surface area contributed by atoms with Gasteiger partial charge in [-0.15, -0.1) is 16.9 Å². The van der Waals surface area contributed by atoms with E-state index < -0.39 is 0 Å². The lowest BCUT2D eigenvalue weighted by Gasteiger charge is -2.24. The Kier molecular flexibility index (Phi) is 3.94. The Morgan fingerprint density at radius 3 is 2.67 bits per heavy atom. The number of fused-ring (bicyclic) bond motifs is 2. The third-order valence-electron chi connectivity index (χ3n) is 4.44. The van der Waals surface area contributed by atoms with Crippen LogP contribution in [0, 0.1) is 0 Å². The molecular formula is C20H16N4O2S. The lowest BCUT2D eigenvalue weighted by molar-refractivity contribution is 0.0852. The predicted molar refractivity (Wildman–Crippen MR) is 103 cm³/mol. The standard InChI is InChI=1S/C20H16N4O2S/c1-27-14-8-6-13(7-9-14)15-10-11-21-20-22-19(23-24(15)20)18-12-25-16-4-2-3-5-17(16)26-18/h2-11,18H,12H2,1H3. The van der Waals surface area contributed by atoms with E-state index in [1.807, 2.05) is 30.3 Å². The average Bonchev–Trinajstić information content (AvgIpc) is 3.18. The molecule has 27 heavy (non-hydrogen) atoms. The molecule has 0 saturated heterocycles. The van der Waals surface area contributed by atoms with Crippen molar-refractivity contribution >= 4 is 17.5 Å². The molecule has 2 aromatic heterocycles. The van der Waals surface area contributed by atoms with E-state index in [0.717, 1.165) is 17.0 Å². The monoisotopic (exact) mass is 376 g/mol. The van der Waals surface area contributed by atoms with Gasteiger partial charge in [-0.1, -0.05) is 24.3 Å². The number of para-hydroxylation sites is 2. The molecular weight excluding hydrogens is 360 g/mol. The Labute approximate surface area is 160 Å². The zero-order chi connectivity index (χ0) is 18.2. The van der Waals surface area contributed by atoms with Crippen LogP contribution >= 0.6 is 11.8 Å².